The van der Waals surface area contributed by atoms with E-state index in [0.717, 1.165) is 12.1 Å². The molecule has 2 aromatic rings. The van der Waals surface area contributed by atoms with E-state index in [-0.39, 0.29) is 16.3 Å². The van der Waals surface area contributed by atoms with E-state index < -0.39 is 22.9 Å². The van der Waals surface area contributed by atoms with Crippen molar-refractivity contribution in [3.8, 4) is 5.75 Å². The number of hydrogen-bond acceptors (Lipinski definition) is 6. The molecule has 0 heterocycles. The number of benzene rings is 2. The highest BCUT2D eigenvalue weighted by molar-refractivity contribution is 6.33. The minimum Gasteiger partial charge on any atom is -0.495 e. The smallest absolute Gasteiger partial charge is 0.340 e. The number of nitro benzene ring substituents is 1. The highest BCUT2D eigenvalue weighted by atomic mass is 35.5. The number of amides is 1. The van der Waals surface area contributed by atoms with Gasteiger partial charge in [0.1, 0.15) is 5.75 Å². The van der Waals surface area contributed by atoms with Gasteiger partial charge in [0, 0.05) is 17.8 Å². The Hall–Kier alpha value is -2.84. The molecule has 1 amide bonds. The number of carbonyl (C=O) groups excluding carboxylic acids is 2. The van der Waals surface area contributed by atoms with Crippen molar-refractivity contribution in [1.29, 1.82) is 0 Å². The predicted molar refractivity (Wildman–Crippen MR) is 99.6 cm³/mol. The molecule has 0 saturated carbocycles. The first kappa shape index (κ1) is 20.5. The monoisotopic (exact) mass is 412 g/mol. The zero-order chi connectivity index (χ0) is 20.1. The third-order valence-electron chi connectivity index (χ3n) is 3.45. The van der Waals surface area contributed by atoms with Crippen molar-refractivity contribution in [1.82, 2.24) is 0 Å². The number of carbonyl (C=O) groups is 2. The zero-order valence-corrected chi connectivity index (χ0v) is 15.7. The second kappa shape index (κ2) is 8.70. The molecule has 0 saturated heterocycles. The maximum atomic E-state index is 12.2. The molecule has 27 heavy (non-hydrogen) atoms. The summed E-state index contributed by atoms with van der Waals surface area (Å²) in [7, 11) is 1.46. The van der Waals surface area contributed by atoms with Crippen molar-refractivity contribution in [2.24, 2.45) is 0 Å². The van der Waals surface area contributed by atoms with Gasteiger partial charge in [-0.05, 0) is 31.2 Å². The van der Waals surface area contributed by atoms with Gasteiger partial charge in [0.25, 0.3) is 11.6 Å². The number of methoxy groups -OCH3 is 1. The molecule has 2 rings (SSSR count). The average molecular weight is 413 g/mol. The average Bonchev–Trinajstić information content (AvgIpc) is 2.61. The van der Waals surface area contributed by atoms with E-state index in [1.807, 2.05) is 0 Å². The van der Waals surface area contributed by atoms with E-state index in [2.05, 4.69) is 5.32 Å². The summed E-state index contributed by atoms with van der Waals surface area (Å²) in [4.78, 5) is 34.6. The Balaban J connectivity index is 2.08. The van der Waals surface area contributed by atoms with Crippen molar-refractivity contribution in [3.05, 3.63) is 62.1 Å². The first-order chi connectivity index (χ1) is 12.7. The number of hydrogen-bond donors (Lipinski definition) is 1. The van der Waals surface area contributed by atoms with Crippen LogP contribution in [0.15, 0.2) is 36.4 Å². The van der Waals surface area contributed by atoms with E-state index >= 15 is 0 Å². The van der Waals surface area contributed by atoms with Gasteiger partial charge in [-0.3, -0.25) is 14.9 Å². The Morgan fingerprint density at radius 2 is 1.85 bits per heavy atom. The molecule has 1 N–H and O–H groups in total. The number of nitrogens with zero attached hydrogens (tertiary/aromatic N) is 1. The number of nitrogens with one attached hydrogen (secondary N) is 1. The van der Waals surface area contributed by atoms with Crippen LogP contribution in [0.25, 0.3) is 0 Å². The van der Waals surface area contributed by atoms with Gasteiger partial charge in [0.15, 0.2) is 6.10 Å². The summed E-state index contributed by atoms with van der Waals surface area (Å²) in [6.07, 6.45) is -1.19. The number of non-ortho nitro benzene ring substituents is 1. The SMILES string of the molecule is COc1ccc(NC(=O)[C@@H](C)OC(=O)c2cc([N+](=O)[O-])ccc2Cl)cc1Cl. The van der Waals surface area contributed by atoms with Crippen molar-refractivity contribution >= 4 is 46.5 Å². The predicted octanol–water partition coefficient (Wildman–Crippen LogP) is 4.09. The van der Waals surface area contributed by atoms with Crippen LogP contribution in [0.2, 0.25) is 10.0 Å². The van der Waals surface area contributed by atoms with Gasteiger partial charge in [0.05, 0.1) is 27.6 Å². The van der Waals surface area contributed by atoms with Gasteiger partial charge in [-0.25, -0.2) is 4.79 Å². The fraction of sp³-hybridized carbons (Fsp3) is 0.176. The van der Waals surface area contributed by atoms with Gasteiger partial charge in [-0.2, -0.15) is 0 Å². The zero-order valence-electron chi connectivity index (χ0n) is 14.2. The topological polar surface area (TPSA) is 108 Å². The highest BCUT2D eigenvalue weighted by Gasteiger charge is 2.23. The molecule has 0 spiro atoms. The third-order valence-corrected chi connectivity index (χ3v) is 4.08. The van der Waals surface area contributed by atoms with Gasteiger partial charge in [-0.1, -0.05) is 23.2 Å². The molecule has 0 unspecified atom stereocenters. The number of nitro groups is 1. The normalized spacial score (nSPS) is 11.4. The largest absolute Gasteiger partial charge is 0.495 e. The Morgan fingerprint density at radius 3 is 2.44 bits per heavy atom. The summed E-state index contributed by atoms with van der Waals surface area (Å²) in [6, 6.07) is 7.96. The summed E-state index contributed by atoms with van der Waals surface area (Å²) in [6.45, 7) is 1.35. The number of anilines is 1. The molecule has 8 nitrogen and oxygen atoms in total. The van der Waals surface area contributed by atoms with E-state index in [0.29, 0.717) is 16.5 Å². The minimum absolute atomic E-state index is 0.0276. The van der Waals surface area contributed by atoms with Crippen LogP contribution in [0.5, 0.6) is 5.75 Å². The minimum atomic E-state index is -1.19. The van der Waals surface area contributed by atoms with Gasteiger partial charge in [0.2, 0.25) is 0 Å². The highest BCUT2D eigenvalue weighted by Crippen LogP contribution is 2.27. The molecule has 0 bridgehead atoms. The maximum absolute atomic E-state index is 12.2. The van der Waals surface area contributed by atoms with Crippen molar-refractivity contribution < 1.29 is 24.0 Å². The van der Waals surface area contributed by atoms with Crippen LogP contribution in [-0.4, -0.2) is 30.0 Å². The van der Waals surface area contributed by atoms with Crippen molar-refractivity contribution in [2.75, 3.05) is 12.4 Å². The molecule has 142 valence electrons. The van der Waals surface area contributed by atoms with Crippen LogP contribution in [0, 0.1) is 10.1 Å². The second-order valence-electron chi connectivity index (χ2n) is 5.31. The molecular weight excluding hydrogens is 399 g/mol. The van der Waals surface area contributed by atoms with E-state index in [1.165, 1.54) is 26.2 Å². The fourth-order valence-electron chi connectivity index (χ4n) is 2.05. The van der Waals surface area contributed by atoms with Crippen LogP contribution >= 0.6 is 23.2 Å². The van der Waals surface area contributed by atoms with E-state index in [1.54, 1.807) is 12.1 Å². The molecular formula is C17H14Cl2N2O6. The Kier molecular flexibility index (Phi) is 6.59. The molecule has 0 fully saturated rings. The van der Waals surface area contributed by atoms with Crippen LogP contribution in [0.3, 0.4) is 0 Å². The molecule has 10 heteroatoms. The number of halogens is 2. The first-order valence-corrected chi connectivity index (χ1v) is 8.28. The summed E-state index contributed by atoms with van der Waals surface area (Å²) in [5, 5.41) is 13.6. The van der Waals surface area contributed by atoms with Gasteiger partial charge >= 0.3 is 5.97 Å². The van der Waals surface area contributed by atoms with Gasteiger partial charge < -0.3 is 14.8 Å². The maximum Gasteiger partial charge on any atom is 0.340 e. The Morgan fingerprint density at radius 1 is 1.15 bits per heavy atom. The quantitative estimate of drug-likeness (QED) is 0.434. The molecule has 0 aliphatic heterocycles. The summed E-state index contributed by atoms with van der Waals surface area (Å²) in [5.74, 6) is -1.14. The number of ether oxygens (including phenoxy) is 2. The van der Waals surface area contributed by atoms with Gasteiger partial charge in [-0.15, -0.1) is 0 Å². The second-order valence-corrected chi connectivity index (χ2v) is 6.12. The van der Waals surface area contributed by atoms with Crippen LogP contribution < -0.4 is 10.1 Å². The lowest BCUT2D eigenvalue weighted by molar-refractivity contribution is -0.384. The molecule has 0 aromatic heterocycles. The lowest BCUT2D eigenvalue weighted by atomic mass is 10.2. The summed E-state index contributed by atoms with van der Waals surface area (Å²) >= 11 is 11.9. The molecule has 0 aliphatic rings. The lowest BCUT2D eigenvalue weighted by Crippen LogP contribution is -2.30. The number of esters is 1. The van der Waals surface area contributed by atoms with Crippen LogP contribution in [0.1, 0.15) is 17.3 Å². The molecule has 1 atom stereocenters. The first-order valence-electron chi connectivity index (χ1n) is 7.52. The number of rotatable bonds is 6. The summed E-state index contributed by atoms with van der Waals surface area (Å²) < 4.78 is 10.1. The summed E-state index contributed by atoms with van der Waals surface area (Å²) in [5.41, 5.74) is -0.156. The third kappa shape index (κ3) is 5.08. The van der Waals surface area contributed by atoms with Crippen molar-refractivity contribution in [2.45, 2.75) is 13.0 Å². The molecule has 2 aromatic carbocycles. The Bertz CT molecular complexity index is 903. The fourth-order valence-corrected chi connectivity index (χ4v) is 2.50. The standard InChI is InChI=1S/C17H14Cl2N2O6/c1-9(16(22)20-10-3-6-15(26-2)14(19)7-10)27-17(23)12-8-11(21(24)25)4-5-13(12)18/h3-9H,1-2H3,(H,20,22)/t9-/m1/s1. The van der Waals surface area contributed by atoms with E-state index in [9.17, 15) is 19.7 Å². The van der Waals surface area contributed by atoms with Crippen LogP contribution in [0.4, 0.5) is 11.4 Å². The van der Waals surface area contributed by atoms with Crippen LogP contribution in [-0.2, 0) is 9.53 Å². The molecule has 0 radical (unpaired) electrons. The molecule has 0 aliphatic carbocycles. The van der Waals surface area contributed by atoms with Crippen molar-refractivity contribution in [3.63, 3.8) is 0 Å². The lowest BCUT2D eigenvalue weighted by Gasteiger charge is -2.14. The van der Waals surface area contributed by atoms with E-state index in [4.69, 9.17) is 32.7 Å². The Labute approximate surface area is 164 Å².